The molecule has 0 saturated heterocycles. The molecule has 1 aromatic carbocycles. The second-order valence-electron chi connectivity index (χ2n) is 5.82. The predicted molar refractivity (Wildman–Crippen MR) is 78.2 cm³/mol. The summed E-state index contributed by atoms with van der Waals surface area (Å²) in [6.07, 6.45) is 4.00. The van der Waals surface area contributed by atoms with Gasteiger partial charge in [0.2, 0.25) is 0 Å². The number of hydrogen-bond donors (Lipinski definition) is 1. The fourth-order valence-electron chi connectivity index (χ4n) is 2.75. The van der Waals surface area contributed by atoms with Gasteiger partial charge in [-0.05, 0) is 48.8 Å². The van der Waals surface area contributed by atoms with Gasteiger partial charge in [-0.3, -0.25) is 0 Å². The highest BCUT2D eigenvalue weighted by molar-refractivity contribution is 5.47. The Kier molecular flexibility index (Phi) is 4.70. The molecule has 1 fully saturated rings. The van der Waals surface area contributed by atoms with Crippen LogP contribution in [0.5, 0.6) is 5.75 Å². The molecule has 1 aromatic rings. The van der Waals surface area contributed by atoms with Crippen molar-refractivity contribution < 1.29 is 9.47 Å². The van der Waals surface area contributed by atoms with Gasteiger partial charge in [-0.25, -0.2) is 0 Å². The zero-order valence-electron chi connectivity index (χ0n) is 12.2. The molecule has 0 heterocycles. The molecule has 0 spiro atoms. The van der Waals surface area contributed by atoms with E-state index in [2.05, 4.69) is 13.8 Å². The molecular weight excluding hydrogens is 238 g/mol. The van der Waals surface area contributed by atoms with E-state index < -0.39 is 0 Å². The highest BCUT2D eigenvalue weighted by atomic mass is 16.5. The molecule has 3 unspecified atom stereocenters. The molecule has 0 aromatic heterocycles. The molecule has 1 aliphatic carbocycles. The molecule has 106 valence electrons. The number of rotatable bonds is 4. The van der Waals surface area contributed by atoms with Gasteiger partial charge in [0.15, 0.2) is 0 Å². The van der Waals surface area contributed by atoms with Crippen LogP contribution in [-0.4, -0.2) is 13.2 Å². The van der Waals surface area contributed by atoms with Crippen LogP contribution >= 0.6 is 0 Å². The van der Waals surface area contributed by atoms with E-state index in [1.165, 1.54) is 19.3 Å². The van der Waals surface area contributed by atoms with Gasteiger partial charge < -0.3 is 15.2 Å². The lowest BCUT2D eigenvalue weighted by atomic mass is 9.80. The van der Waals surface area contributed by atoms with Crippen molar-refractivity contribution in [1.82, 2.24) is 0 Å². The largest absolute Gasteiger partial charge is 0.497 e. The van der Waals surface area contributed by atoms with E-state index in [0.29, 0.717) is 12.7 Å². The van der Waals surface area contributed by atoms with Crippen molar-refractivity contribution in [2.45, 2.75) is 45.8 Å². The van der Waals surface area contributed by atoms with Crippen LogP contribution in [0.3, 0.4) is 0 Å². The highest BCUT2D eigenvalue weighted by Gasteiger charge is 2.24. The zero-order chi connectivity index (χ0) is 13.8. The number of hydrogen-bond acceptors (Lipinski definition) is 3. The molecule has 3 heteroatoms. The summed E-state index contributed by atoms with van der Waals surface area (Å²) in [7, 11) is 1.66. The predicted octanol–water partition coefficient (Wildman–Crippen LogP) is 3.62. The van der Waals surface area contributed by atoms with Gasteiger partial charge in [-0.1, -0.05) is 13.8 Å². The van der Waals surface area contributed by atoms with Crippen molar-refractivity contribution in [2.75, 3.05) is 12.8 Å². The maximum atomic E-state index is 6.03. The molecule has 0 aliphatic heterocycles. The third-order valence-electron chi connectivity index (χ3n) is 4.26. The molecule has 1 saturated carbocycles. The fourth-order valence-corrected chi connectivity index (χ4v) is 2.75. The molecule has 0 radical (unpaired) electrons. The minimum Gasteiger partial charge on any atom is -0.497 e. The van der Waals surface area contributed by atoms with Gasteiger partial charge >= 0.3 is 0 Å². The first-order chi connectivity index (χ1) is 9.08. The molecule has 3 nitrogen and oxygen atoms in total. The first-order valence-electron chi connectivity index (χ1n) is 7.13. The average Bonchev–Trinajstić information content (AvgIpc) is 2.39. The maximum absolute atomic E-state index is 6.03. The van der Waals surface area contributed by atoms with Crippen molar-refractivity contribution in [3.63, 3.8) is 0 Å². The highest BCUT2D eigenvalue weighted by Crippen LogP contribution is 2.31. The van der Waals surface area contributed by atoms with E-state index in [4.69, 9.17) is 15.2 Å². The molecular formula is C16H25NO2. The van der Waals surface area contributed by atoms with Crippen LogP contribution in [0.1, 0.15) is 38.7 Å². The number of ether oxygens (including phenoxy) is 2. The Labute approximate surface area is 116 Å². The topological polar surface area (TPSA) is 44.5 Å². The normalized spacial score (nSPS) is 27.2. The Balaban J connectivity index is 1.90. The van der Waals surface area contributed by atoms with Crippen LogP contribution in [0.4, 0.5) is 5.69 Å². The van der Waals surface area contributed by atoms with E-state index in [9.17, 15) is 0 Å². The summed E-state index contributed by atoms with van der Waals surface area (Å²) in [4.78, 5) is 0. The molecule has 1 aliphatic rings. The van der Waals surface area contributed by atoms with Gasteiger partial charge in [0.05, 0.1) is 19.8 Å². The van der Waals surface area contributed by atoms with Crippen LogP contribution in [0, 0.1) is 11.8 Å². The van der Waals surface area contributed by atoms with Crippen LogP contribution in [0.15, 0.2) is 18.2 Å². The minimum atomic E-state index is 0.388. The Morgan fingerprint density at radius 1 is 1.16 bits per heavy atom. The van der Waals surface area contributed by atoms with Crippen LogP contribution in [0.25, 0.3) is 0 Å². The van der Waals surface area contributed by atoms with Gasteiger partial charge in [-0.2, -0.15) is 0 Å². The molecule has 3 atom stereocenters. The monoisotopic (exact) mass is 263 g/mol. The van der Waals surface area contributed by atoms with Crippen molar-refractivity contribution in [2.24, 2.45) is 11.8 Å². The van der Waals surface area contributed by atoms with Crippen LogP contribution < -0.4 is 10.5 Å². The maximum Gasteiger partial charge on any atom is 0.121 e. The third kappa shape index (κ3) is 3.87. The Morgan fingerprint density at radius 3 is 2.63 bits per heavy atom. The van der Waals surface area contributed by atoms with Crippen molar-refractivity contribution in [1.29, 1.82) is 0 Å². The van der Waals surface area contributed by atoms with E-state index in [0.717, 1.165) is 28.8 Å². The van der Waals surface area contributed by atoms with Crippen LogP contribution in [-0.2, 0) is 11.3 Å². The second kappa shape index (κ2) is 6.29. The van der Waals surface area contributed by atoms with E-state index in [1.807, 2.05) is 18.2 Å². The van der Waals surface area contributed by atoms with Crippen molar-refractivity contribution in [3.8, 4) is 5.75 Å². The van der Waals surface area contributed by atoms with Gasteiger partial charge in [-0.15, -0.1) is 0 Å². The number of methoxy groups -OCH3 is 1. The molecule has 2 rings (SSSR count). The third-order valence-corrected chi connectivity index (χ3v) is 4.26. The number of nitrogens with two attached hydrogens (primary N) is 1. The number of anilines is 1. The summed E-state index contributed by atoms with van der Waals surface area (Å²) in [5, 5.41) is 0. The lowest BCUT2D eigenvalue weighted by Gasteiger charge is -2.32. The van der Waals surface area contributed by atoms with Gasteiger partial charge in [0, 0.05) is 11.8 Å². The van der Waals surface area contributed by atoms with Crippen LogP contribution in [0.2, 0.25) is 0 Å². The molecule has 2 N–H and O–H groups in total. The van der Waals surface area contributed by atoms with E-state index >= 15 is 0 Å². The number of benzene rings is 1. The smallest absolute Gasteiger partial charge is 0.121 e. The van der Waals surface area contributed by atoms with E-state index in [-0.39, 0.29) is 0 Å². The zero-order valence-corrected chi connectivity index (χ0v) is 12.2. The van der Waals surface area contributed by atoms with Crippen molar-refractivity contribution in [3.05, 3.63) is 23.8 Å². The fraction of sp³-hybridized carbons (Fsp3) is 0.625. The van der Waals surface area contributed by atoms with Crippen molar-refractivity contribution >= 4 is 5.69 Å². The standard InChI is InChI=1S/C16H25NO2/c1-11-4-5-15(6-12(11)2)19-10-13-7-14(17)9-16(8-13)18-3/h7-9,11-12,15H,4-6,10,17H2,1-3H3. The minimum absolute atomic E-state index is 0.388. The average molecular weight is 263 g/mol. The molecule has 0 amide bonds. The SMILES string of the molecule is COc1cc(N)cc(COC2CCC(C)C(C)C2)c1. The summed E-state index contributed by atoms with van der Waals surface area (Å²) in [5.74, 6) is 2.38. The first kappa shape index (κ1) is 14.2. The molecule has 0 bridgehead atoms. The second-order valence-corrected chi connectivity index (χ2v) is 5.82. The lowest BCUT2D eigenvalue weighted by Crippen LogP contribution is -2.26. The first-order valence-corrected chi connectivity index (χ1v) is 7.13. The summed E-state index contributed by atoms with van der Waals surface area (Å²) >= 11 is 0. The quantitative estimate of drug-likeness (QED) is 0.844. The summed E-state index contributed by atoms with van der Waals surface area (Å²) < 4.78 is 11.3. The van der Waals surface area contributed by atoms with Gasteiger partial charge in [0.1, 0.15) is 5.75 Å². The summed E-state index contributed by atoms with van der Waals surface area (Å²) in [5.41, 5.74) is 7.66. The number of nitrogen functional groups attached to an aromatic ring is 1. The van der Waals surface area contributed by atoms with E-state index in [1.54, 1.807) is 7.11 Å². The lowest BCUT2D eigenvalue weighted by molar-refractivity contribution is -0.00748. The Hall–Kier alpha value is -1.22. The Bertz CT molecular complexity index is 419. The van der Waals surface area contributed by atoms with Gasteiger partial charge in [0.25, 0.3) is 0 Å². The summed E-state index contributed by atoms with van der Waals surface area (Å²) in [6.45, 7) is 5.28. The Morgan fingerprint density at radius 2 is 1.95 bits per heavy atom. The summed E-state index contributed by atoms with van der Waals surface area (Å²) in [6, 6.07) is 5.77. The molecule has 19 heavy (non-hydrogen) atoms.